The van der Waals surface area contributed by atoms with Gasteiger partial charge in [0.05, 0.1) is 0 Å². The van der Waals surface area contributed by atoms with Gasteiger partial charge in [0.25, 0.3) is 0 Å². The van der Waals surface area contributed by atoms with Crippen LogP contribution in [0.5, 0.6) is 0 Å². The molecule has 0 saturated carbocycles. The Morgan fingerprint density at radius 2 is 1.47 bits per heavy atom. The molecule has 0 amide bonds. The van der Waals surface area contributed by atoms with Crippen molar-refractivity contribution >= 4 is 40.8 Å². The molecule has 0 spiro atoms. The molecule has 3 heteroatoms. The van der Waals surface area contributed by atoms with Crippen LogP contribution in [-0.2, 0) is 0 Å². The standard InChI is InChI=1S/C16H21GeP2/c1-17(2)13-14-19(16-11-7-4-8-12-16)18-15-9-5-3-6-10-15/h3-12,18H,13-14H2,1-2H3. The van der Waals surface area contributed by atoms with E-state index < -0.39 is 14.3 Å². The molecular weight excluding hydrogens is 327 g/mol. The molecule has 1 radical (unpaired) electrons. The van der Waals surface area contributed by atoms with E-state index in [2.05, 4.69) is 72.2 Å². The Balaban J connectivity index is 2.10. The van der Waals surface area contributed by atoms with Gasteiger partial charge in [-0.2, -0.15) is 0 Å². The molecule has 2 unspecified atom stereocenters. The summed E-state index contributed by atoms with van der Waals surface area (Å²) >= 11 is -0.685. The average Bonchev–Trinajstić information content (AvgIpc) is 2.45. The zero-order valence-electron chi connectivity index (χ0n) is 11.6. The Bertz CT molecular complexity index is 471. The Morgan fingerprint density at radius 3 is 2.05 bits per heavy atom. The molecule has 2 atom stereocenters. The van der Waals surface area contributed by atoms with Gasteiger partial charge in [-0.25, -0.2) is 0 Å². The van der Waals surface area contributed by atoms with Crippen LogP contribution in [0.3, 0.4) is 0 Å². The third-order valence-electron chi connectivity index (χ3n) is 2.94. The molecule has 2 aromatic rings. The van der Waals surface area contributed by atoms with Gasteiger partial charge in [-0.3, -0.25) is 0 Å². The molecular formula is C16H21GeP2. The van der Waals surface area contributed by atoms with Crippen molar-refractivity contribution in [2.24, 2.45) is 0 Å². The second kappa shape index (κ2) is 8.20. The van der Waals surface area contributed by atoms with Crippen LogP contribution in [0.1, 0.15) is 0 Å². The molecule has 0 aliphatic heterocycles. The van der Waals surface area contributed by atoms with E-state index in [0.29, 0.717) is 0 Å². The van der Waals surface area contributed by atoms with E-state index in [1.165, 1.54) is 16.7 Å². The first-order chi connectivity index (χ1) is 9.25. The fourth-order valence-electron chi connectivity index (χ4n) is 1.86. The molecule has 2 aromatic carbocycles. The minimum absolute atomic E-state index is 0.00489. The monoisotopic (exact) mass is 349 g/mol. The van der Waals surface area contributed by atoms with Crippen molar-refractivity contribution in [3.63, 3.8) is 0 Å². The van der Waals surface area contributed by atoms with Crippen LogP contribution >= 0.6 is 15.9 Å². The fourth-order valence-corrected chi connectivity index (χ4v) is 12.7. The second-order valence-corrected chi connectivity index (χ2v) is 15.9. The van der Waals surface area contributed by atoms with E-state index in [1.807, 2.05) is 0 Å². The van der Waals surface area contributed by atoms with Gasteiger partial charge in [0.1, 0.15) is 0 Å². The number of rotatable bonds is 6. The fraction of sp³-hybridized carbons (Fsp3) is 0.250. The van der Waals surface area contributed by atoms with Crippen molar-refractivity contribution in [1.82, 2.24) is 0 Å². The first-order valence-corrected chi connectivity index (χ1v) is 15.7. The first kappa shape index (κ1) is 15.2. The van der Waals surface area contributed by atoms with Gasteiger partial charge in [-0.15, -0.1) is 0 Å². The minimum atomic E-state index is -0.685. The molecule has 0 N–H and O–H groups in total. The Hall–Kier alpha value is -0.157. The quantitative estimate of drug-likeness (QED) is 0.534. The Labute approximate surface area is 124 Å². The van der Waals surface area contributed by atoms with Crippen LogP contribution in [0, 0.1) is 0 Å². The number of hydrogen-bond acceptors (Lipinski definition) is 0. The van der Waals surface area contributed by atoms with Crippen molar-refractivity contribution in [3.8, 4) is 0 Å². The van der Waals surface area contributed by atoms with Crippen molar-refractivity contribution in [3.05, 3.63) is 60.7 Å². The van der Waals surface area contributed by atoms with Gasteiger partial charge < -0.3 is 0 Å². The summed E-state index contributed by atoms with van der Waals surface area (Å²) in [5, 5.41) is 4.60. The van der Waals surface area contributed by atoms with Crippen molar-refractivity contribution in [2.75, 3.05) is 6.16 Å². The molecule has 0 fully saturated rings. The van der Waals surface area contributed by atoms with Crippen molar-refractivity contribution in [1.29, 1.82) is 0 Å². The van der Waals surface area contributed by atoms with Gasteiger partial charge >= 0.3 is 124 Å². The van der Waals surface area contributed by atoms with Gasteiger partial charge in [0.15, 0.2) is 0 Å². The Morgan fingerprint density at radius 1 is 0.895 bits per heavy atom. The van der Waals surface area contributed by atoms with Gasteiger partial charge in [-0.05, 0) is 0 Å². The van der Waals surface area contributed by atoms with Gasteiger partial charge in [0.2, 0.25) is 0 Å². The van der Waals surface area contributed by atoms with Gasteiger partial charge in [-0.1, -0.05) is 0 Å². The number of benzene rings is 2. The first-order valence-electron chi connectivity index (χ1n) is 6.69. The summed E-state index contributed by atoms with van der Waals surface area (Å²) in [6.07, 6.45) is 1.43. The van der Waals surface area contributed by atoms with E-state index >= 15 is 0 Å². The second-order valence-electron chi connectivity index (χ2n) is 4.92. The summed E-state index contributed by atoms with van der Waals surface area (Å²) < 4.78 is 0. The third kappa shape index (κ3) is 5.38. The van der Waals surface area contributed by atoms with E-state index in [4.69, 9.17) is 0 Å². The summed E-state index contributed by atoms with van der Waals surface area (Å²) in [6, 6.07) is 22.2. The molecule has 0 saturated heterocycles. The SMILES string of the molecule is [CH3][Ge]([CH3])[CH2]CP(Pc1ccccc1)c1ccccc1. The molecule has 99 valence electrons. The van der Waals surface area contributed by atoms with Crippen LogP contribution in [0.2, 0.25) is 16.8 Å². The molecule has 0 aromatic heterocycles. The summed E-state index contributed by atoms with van der Waals surface area (Å²) in [5.41, 5.74) is 0. The maximum atomic E-state index is 2.49. The van der Waals surface area contributed by atoms with E-state index in [1.54, 1.807) is 5.30 Å². The average molecular weight is 348 g/mol. The normalized spacial score (nSPS) is 13.2. The van der Waals surface area contributed by atoms with Crippen LogP contribution in [0.15, 0.2) is 60.7 Å². The van der Waals surface area contributed by atoms with Crippen LogP contribution in [0.25, 0.3) is 0 Å². The molecule has 19 heavy (non-hydrogen) atoms. The van der Waals surface area contributed by atoms with Crippen LogP contribution in [-0.4, -0.2) is 20.5 Å². The summed E-state index contributed by atoms with van der Waals surface area (Å²) in [4.78, 5) is 0. The maximum absolute atomic E-state index is 2.49. The topological polar surface area (TPSA) is 0 Å². The number of hydrogen-bond donors (Lipinski definition) is 0. The molecule has 2 rings (SSSR count). The zero-order chi connectivity index (χ0) is 13.5. The molecule has 0 nitrogen and oxygen atoms in total. The van der Waals surface area contributed by atoms with Crippen molar-refractivity contribution < 1.29 is 0 Å². The third-order valence-corrected chi connectivity index (χ3v) is 11.9. The van der Waals surface area contributed by atoms with Crippen LogP contribution < -0.4 is 10.6 Å². The zero-order valence-corrected chi connectivity index (χ0v) is 15.6. The predicted molar refractivity (Wildman–Crippen MR) is 94.5 cm³/mol. The summed E-state index contributed by atoms with van der Waals surface area (Å²) in [6.45, 7) is 0. The van der Waals surface area contributed by atoms with E-state index in [9.17, 15) is 0 Å². The predicted octanol–water partition coefficient (Wildman–Crippen LogP) is 4.47. The summed E-state index contributed by atoms with van der Waals surface area (Å²) in [5.74, 6) is 4.98. The van der Waals surface area contributed by atoms with E-state index in [0.717, 1.165) is 8.27 Å². The summed E-state index contributed by atoms with van der Waals surface area (Å²) in [7, 11) is 0.969. The van der Waals surface area contributed by atoms with Gasteiger partial charge in [0, 0.05) is 0 Å². The molecule has 0 bridgehead atoms. The van der Waals surface area contributed by atoms with Crippen molar-refractivity contribution in [2.45, 2.75) is 16.8 Å². The molecule has 0 aliphatic rings. The van der Waals surface area contributed by atoms with Crippen LogP contribution in [0.4, 0.5) is 0 Å². The molecule has 0 heterocycles. The van der Waals surface area contributed by atoms with E-state index in [-0.39, 0.29) is 7.61 Å². The molecule has 0 aliphatic carbocycles. The Kier molecular flexibility index (Phi) is 6.58.